The van der Waals surface area contributed by atoms with Crippen molar-refractivity contribution >= 4 is 96.9 Å². The number of thiophene rings is 1. The Hall–Kier alpha value is -7.13. The van der Waals surface area contributed by atoms with Crippen LogP contribution in [0.5, 0.6) is 0 Å². The summed E-state index contributed by atoms with van der Waals surface area (Å²) >= 11 is 1.74. The number of nitrogens with zero attached hydrogens (tertiary/aromatic N) is 4. The average molecular weight is 1040 g/mol. The van der Waals surface area contributed by atoms with E-state index in [-0.39, 0.29) is 32.5 Å². The Balaban J connectivity index is 1.42. The van der Waals surface area contributed by atoms with Crippen LogP contribution in [0.25, 0.3) is 103 Å². The van der Waals surface area contributed by atoms with E-state index in [4.69, 9.17) is 0 Å². The first-order chi connectivity index (χ1) is 36.4. The maximum Gasteiger partial charge on any atom is 0.103 e. The zero-order valence-electron chi connectivity index (χ0n) is 49.4. The van der Waals surface area contributed by atoms with Gasteiger partial charge in [0.1, 0.15) is 6.07 Å². The topological polar surface area (TPSA) is 38.6 Å². The summed E-state index contributed by atoms with van der Waals surface area (Å²) in [7, 11) is 0. The van der Waals surface area contributed by atoms with E-state index in [0.29, 0.717) is 5.56 Å². The fraction of sp³-hybridized carbons (Fsp3) is 0.329. The predicted octanol–water partition coefficient (Wildman–Crippen LogP) is 21.0. The second-order valence-corrected chi connectivity index (χ2v) is 29.8. The maximum absolute atomic E-state index is 12.4. The van der Waals surface area contributed by atoms with Crippen molar-refractivity contribution in [2.45, 2.75) is 157 Å². The molecule has 12 aromatic rings. The van der Waals surface area contributed by atoms with E-state index in [1.165, 1.54) is 65.7 Å². The molecule has 0 aliphatic carbocycles. The smallest absolute Gasteiger partial charge is 0.103 e. The van der Waals surface area contributed by atoms with Gasteiger partial charge in [-0.05, 0) is 145 Å². The number of benzene rings is 8. The SMILES string of the molecule is CC(C)(C)c1ccc2c(c1)c1cc(C(C)(C)C)ccc1n2-c1c(-n2c3ccc(C(C)(C)C)cc3c3cc(C(C)(C)C)ccc32)c(-n2c3ccc(C(C)(C)C)cc3c3cc(C(C)(C)C)ccc32)c2c(sc3ccccc32)c1C#N. The van der Waals surface area contributed by atoms with Crippen molar-refractivity contribution in [3.8, 4) is 23.1 Å². The Morgan fingerprint density at radius 3 is 0.872 bits per heavy atom. The normalized spacial score (nSPS) is 13.5. The number of rotatable bonds is 3. The Morgan fingerprint density at radius 1 is 0.321 bits per heavy atom. The molecule has 5 heteroatoms. The van der Waals surface area contributed by atoms with Crippen LogP contribution < -0.4 is 0 Å². The third-order valence-corrected chi connectivity index (χ3v) is 18.2. The predicted molar refractivity (Wildman–Crippen MR) is 339 cm³/mol. The first kappa shape index (κ1) is 51.6. The lowest BCUT2D eigenvalue weighted by atomic mass is 9.85. The van der Waals surface area contributed by atoms with Gasteiger partial charge in [0, 0.05) is 47.8 Å². The van der Waals surface area contributed by atoms with E-state index in [0.717, 1.165) is 70.3 Å². The molecule has 0 aliphatic rings. The third kappa shape index (κ3) is 7.94. The summed E-state index contributed by atoms with van der Waals surface area (Å²) in [5.74, 6) is 0. The van der Waals surface area contributed by atoms with E-state index in [1.807, 2.05) is 0 Å². The molecule has 0 N–H and O–H groups in total. The Kier molecular flexibility index (Phi) is 11.2. The minimum atomic E-state index is -0.0926. The molecule has 4 heterocycles. The van der Waals surface area contributed by atoms with Crippen LogP contribution in [0.3, 0.4) is 0 Å². The molecule has 0 aliphatic heterocycles. The number of hydrogen-bond donors (Lipinski definition) is 0. The van der Waals surface area contributed by atoms with E-state index < -0.39 is 0 Å². The van der Waals surface area contributed by atoms with Crippen molar-refractivity contribution in [2.24, 2.45) is 0 Å². The first-order valence-corrected chi connectivity index (χ1v) is 29.0. The van der Waals surface area contributed by atoms with Gasteiger partial charge in [-0.15, -0.1) is 11.3 Å². The highest BCUT2D eigenvalue weighted by molar-refractivity contribution is 7.26. The van der Waals surface area contributed by atoms with Crippen LogP contribution in [-0.2, 0) is 32.5 Å². The van der Waals surface area contributed by atoms with Crippen LogP contribution in [0.4, 0.5) is 0 Å². The molecule has 0 spiro atoms. The van der Waals surface area contributed by atoms with Gasteiger partial charge in [-0.2, -0.15) is 5.26 Å². The lowest BCUT2D eigenvalue weighted by Gasteiger charge is -2.26. The molecule has 8 aromatic carbocycles. The number of fused-ring (bicyclic) bond motifs is 12. The molecule has 12 rings (SSSR count). The first-order valence-electron chi connectivity index (χ1n) is 28.1. The average Bonchev–Trinajstić information content (AvgIpc) is 3.10. The van der Waals surface area contributed by atoms with Crippen molar-refractivity contribution in [1.82, 2.24) is 13.7 Å². The molecule has 0 unspecified atom stereocenters. The Labute approximate surface area is 465 Å². The van der Waals surface area contributed by atoms with Gasteiger partial charge in [0.2, 0.25) is 0 Å². The lowest BCUT2D eigenvalue weighted by Crippen LogP contribution is -2.13. The molecule has 0 radical (unpaired) electrons. The van der Waals surface area contributed by atoms with Crippen molar-refractivity contribution in [3.05, 3.63) is 172 Å². The summed E-state index contributed by atoms with van der Waals surface area (Å²) in [5.41, 5.74) is 17.4. The van der Waals surface area contributed by atoms with Crippen molar-refractivity contribution < 1.29 is 0 Å². The number of aromatic nitrogens is 3. The van der Waals surface area contributed by atoms with Crippen LogP contribution in [0.2, 0.25) is 0 Å². The minimum Gasteiger partial charge on any atom is -0.306 e. The number of nitriles is 1. The van der Waals surface area contributed by atoms with E-state index >= 15 is 0 Å². The highest BCUT2D eigenvalue weighted by atomic mass is 32.1. The molecule has 4 aromatic heterocycles. The van der Waals surface area contributed by atoms with Gasteiger partial charge in [-0.25, -0.2) is 0 Å². The maximum atomic E-state index is 12.4. The van der Waals surface area contributed by atoms with Crippen LogP contribution >= 0.6 is 11.3 Å². The zero-order valence-corrected chi connectivity index (χ0v) is 50.2. The van der Waals surface area contributed by atoms with E-state index in [9.17, 15) is 5.26 Å². The van der Waals surface area contributed by atoms with Crippen molar-refractivity contribution in [1.29, 1.82) is 5.26 Å². The molecule has 0 bridgehead atoms. The molecule has 78 heavy (non-hydrogen) atoms. The summed E-state index contributed by atoms with van der Waals surface area (Å²) in [5, 5.41) is 21.8. The molecular weight excluding hydrogens is 965 g/mol. The van der Waals surface area contributed by atoms with Crippen LogP contribution in [0.15, 0.2) is 133 Å². The van der Waals surface area contributed by atoms with Gasteiger partial charge in [-0.1, -0.05) is 179 Å². The van der Waals surface area contributed by atoms with Gasteiger partial charge < -0.3 is 13.7 Å². The Bertz CT molecular complexity index is 4330. The van der Waals surface area contributed by atoms with Gasteiger partial charge >= 0.3 is 0 Å². The van der Waals surface area contributed by atoms with Crippen LogP contribution in [0, 0.1) is 11.3 Å². The summed E-state index contributed by atoms with van der Waals surface area (Å²) in [6, 6.07) is 54.8. The standard InChI is InChI=1S/C73H76N4S/c1-68(2,3)42-23-29-56-49(35-42)50-36-43(69(4,5)6)24-30-57(50)75(56)64-55(41-74)67-63(48-21-19-20-22-62(48)78-67)65(76-58-31-25-44(70(7,8)9)37-51(58)52-38-45(71(10,11)12)26-32-59(52)76)66(64)77-60-33-27-46(72(13,14)15)39-53(60)54-40-47(73(16,17)18)28-34-61(54)77/h19-40H,1-18H3. The molecule has 4 nitrogen and oxygen atoms in total. The summed E-state index contributed by atoms with van der Waals surface area (Å²) in [6.45, 7) is 41.6. The van der Waals surface area contributed by atoms with Crippen molar-refractivity contribution in [3.63, 3.8) is 0 Å². The Morgan fingerprint density at radius 2 is 0.590 bits per heavy atom. The molecule has 394 valence electrons. The monoisotopic (exact) mass is 1040 g/mol. The fourth-order valence-electron chi connectivity index (χ4n) is 12.3. The summed E-state index contributed by atoms with van der Waals surface area (Å²) < 4.78 is 9.78. The van der Waals surface area contributed by atoms with E-state index in [1.54, 1.807) is 11.3 Å². The van der Waals surface area contributed by atoms with Gasteiger partial charge in [0.15, 0.2) is 0 Å². The van der Waals surface area contributed by atoms with Gasteiger partial charge in [-0.3, -0.25) is 0 Å². The van der Waals surface area contributed by atoms with Gasteiger partial charge in [0.05, 0.1) is 60.4 Å². The highest BCUT2D eigenvalue weighted by Crippen LogP contribution is 2.52. The van der Waals surface area contributed by atoms with Crippen molar-refractivity contribution in [2.75, 3.05) is 0 Å². The summed E-state index contributed by atoms with van der Waals surface area (Å²) in [6.07, 6.45) is 0. The number of hydrogen-bond acceptors (Lipinski definition) is 2. The summed E-state index contributed by atoms with van der Waals surface area (Å²) in [4.78, 5) is 0. The third-order valence-electron chi connectivity index (χ3n) is 17.0. The van der Waals surface area contributed by atoms with E-state index in [2.05, 4.69) is 278 Å². The minimum absolute atomic E-state index is 0.0785. The van der Waals surface area contributed by atoms with Gasteiger partial charge in [0.25, 0.3) is 0 Å². The second-order valence-electron chi connectivity index (χ2n) is 28.7. The van der Waals surface area contributed by atoms with Crippen LogP contribution in [-0.4, -0.2) is 13.7 Å². The lowest BCUT2D eigenvalue weighted by molar-refractivity contribution is 0.590. The second kappa shape index (κ2) is 16.9. The quantitative estimate of drug-likeness (QED) is 0.174. The molecule has 0 fully saturated rings. The highest BCUT2D eigenvalue weighted by Gasteiger charge is 2.34. The van der Waals surface area contributed by atoms with Crippen LogP contribution in [0.1, 0.15) is 164 Å². The molecular formula is C73H76N4S. The zero-order chi connectivity index (χ0) is 55.7. The molecule has 0 amide bonds. The fourth-order valence-corrected chi connectivity index (χ4v) is 13.5. The molecule has 0 atom stereocenters. The molecule has 0 saturated carbocycles. The molecule has 0 saturated heterocycles. The largest absolute Gasteiger partial charge is 0.306 e.